The summed E-state index contributed by atoms with van der Waals surface area (Å²) in [7, 11) is 0. The quantitative estimate of drug-likeness (QED) is 0.759. The molecule has 1 aromatic carbocycles. The number of piperazine rings is 1. The summed E-state index contributed by atoms with van der Waals surface area (Å²) >= 11 is 6.09. The van der Waals surface area contributed by atoms with Crippen LogP contribution in [0.5, 0.6) is 0 Å². The lowest BCUT2D eigenvalue weighted by Crippen LogP contribution is -2.48. The van der Waals surface area contributed by atoms with E-state index in [1.165, 1.54) is 0 Å². The van der Waals surface area contributed by atoms with Crippen molar-refractivity contribution in [1.29, 1.82) is 0 Å². The number of amides is 1. The van der Waals surface area contributed by atoms with E-state index in [0.29, 0.717) is 6.42 Å². The van der Waals surface area contributed by atoms with Crippen molar-refractivity contribution in [2.24, 2.45) is 5.73 Å². The average Bonchev–Trinajstić information content (AvgIpc) is 2.54. The molecule has 1 unspecified atom stereocenters. The van der Waals surface area contributed by atoms with Crippen molar-refractivity contribution in [2.45, 2.75) is 38.1 Å². The van der Waals surface area contributed by atoms with Gasteiger partial charge >= 0.3 is 0 Å². The molecule has 3 N–H and O–H groups in total. The van der Waals surface area contributed by atoms with Gasteiger partial charge in [0.25, 0.3) is 0 Å². The van der Waals surface area contributed by atoms with Gasteiger partial charge in [-0.25, -0.2) is 0 Å². The van der Waals surface area contributed by atoms with E-state index in [2.05, 4.69) is 5.32 Å². The third-order valence-electron chi connectivity index (χ3n) is 4.14. The SMILES string of the molecule is NCCCCCCC(=O)N1CCNCC1c1cccc(Cl)c1. The molecule has 0 radical (unpaired) electrons. The van der Waals surface area contributed by atoms with Gasteiger partial charge in [-0.2, -0.15) is 0 Å². The molecule has 0 aromatic heterocycles. The van der Waals surface area contributed by atoms with Crippen LogP contribution < -0.4 is 11.1 Å². The normalized spacial score (nSPS) is 18.5. The number of hydrogen-bond donors (Lipinski definition) is 2. The Balaban J connectivity index is 1.93. The van der Waals surface area contributed by atoms with E-state index in [1.807, 2.05) is 29.2 Å². The third kappa shape index (κ3) is 4.97. The van der Waals surface area contributed by atoms with Crippen LogP contribution in [0.4, 0.5) is 0 Å². The van der Waals surface area contributed by atoms with Crippen LogP contribution in [-0.4, -0.2) is 37.0 Å². The molecule has 1 aliphatic rings. The second kappa shape index (κ2) is 9.13. The summed E-state index contributed by atoms with van der Waals surface area (Å²) in [6.07, 6.45) is 4.82. The maximum Gasteiger partial charge on any atom is 0.223 e. The van der Waals surface area contributed by atoms with Crippen LogP contribution in [0, 0.1) is 0 Å². The molecule has 4 nitrogen and oxygen atoms in total. The van der Waals surface area contributed by atoms with Crippen LogP contribution >= 0.6 is 11.6 Å². The number of rotatable bonds is 7. The molecular formula is C17H26ClN3O. The van der Waals surface area contributed by atoms with Gasteiger partial charge in [0.05, 0.1) is 6.04 Å². The van der Waals surface area contributed by atoms with Crippen molar-refractivity contribution in [3.63, 3.8) is 0 Å². The number of hydrogen-bond acceptors (Lipinski definition) is 3. The number of nitrogens with two attached hydrogens (primary N) is 1. The van der Waals surface area contributed by atoms with Crippen molar-refractivity contribution in [2.75, 3.05) is 26.2 Å². The molecule has 0 saturated carbocycles. The molecule has 1 heterocycles. The maximum absolute atomic E-state index is 12.5. The molecule has 1 aromatic rings. The molecule has 1 fully saturated rings. The minimum Gasteiger partial charge on any atom is -0.333 e. The van der Waals surface area contributed by atoms with E-state index in [-0.39, 0.29) is 11.9 Å². The number of nitrogens with one attached hydrogen (secondary N) is 1. The summed E-state index contributed by atoms with van der Waals surface area (Å²) < 4.78 is 0. The molecule has 0 bridgehead atoms. The van der Waals surface area contributed by atoms with Crippen molar-refractivity contribution in [1.82, 2.24) is 10.2 Å². The van der Waals surface area contributed by atoms with Gasteiger partial charge in [-0.1, -0.05) is 36.6 Å². The first kappa shape index (κ1) is 17.3. The number of unbranched alkanes of at least 4 members (excludes halogenated alkanes) is 3. The highest BCUT2D eigenvalue weighted by molar-refractivity contribution is 6.30. The molecule has 1 saturated heterocycles. The summed E-state index contributed by atoms with van der Waals surface area (Å²) in [4.78, 5) is 14.5. The zero-order valence-electron chi connectivity index (χ0n) is 13.1. The van der Waals surface area contributed by atoms with Gasteiger partial charge < -0.3 is 16.0 Å². The Hall–Kier alpha value is -1.10. The van der Waals surface area contributed by atoms with Crippen LogP contribution in [0.25, 0.3) is 0 Å². The van der Waals surface area contributed by atoms with Gasteiger partial charge in [0.15, 0.2) is 0 Å². The molecule has 1 atom stereocenters. The maximum atomic E-state index is 12.5. The number of benzene rings is 1. The summed E-state index contributed by atoms with van der Waals surface area (Å²) in [5.41, 5.74) is 6.60. The molecule has 22 heavy (non-hydrogen) atoms. The largest absolute Gasteiger partial charge is 0.333 e. The van der Waals surface area contributed by atoms with Crippen LogP contribution in [0.15, 0.2) is 24.3 Å². The molecule has 2 rings (SSSR count). The van der Waals surface area contributed by atoms with Crippen molar-refractivity contribution < 1.29 is 4.79 Å². The highest BCUT2D eigenvalue weighted by atomic mass is 35.5. The fourth-order valence-corrected chi connectivity index (χ4v) is 3.13. The van der Waals surface area contributed by atoms with E-state index in [0.717, 1.165) is 62.4 Å². The minimum absolute atomic E-state index is 0.0870. The Bertz CT molecular complexity index is 481. The van der Waals surface area contributed by atoms with Gasteiger partial charge in [0.1, 0.15) is 0 Å². The number of carbonyl (C=O) groups excluding carboxylic acids is 1. The summed E-state index contributed by atoms with van der Waals surface area (Å²) in [6, 6.07) is 7.90. The lowest BCUT2D eigenvalue weighted by molar-refractivity contribution is -0.134. The van der Waals surface area contributed by atoms with Crippen molar-refractivity contribution in [3.05, 3.63) is 34.9 Å². The van der Waals surface area contributed by atoms with Crippen LogP contribution in [-0.2, 0) is 4.79 Å². The Morgan fingerprint density at radius 1 is 1.32 bits per heavy atom. The predicted molar refractivity (Wildman–Crippen MR) is 90.9 cm³/mol. The van der Waals surface area contributed by atoms with E-state index in [4.69, 9.17) is 17.3 Å². The van der Waals surface area contributed by atoms with E-state index in [9.17, 15) is 4.79 Å². The Morgan fingerprint density at radius 3 is 2.91 bits per heavy atom. The van der Waals surface area contributed by atoms with Gasteiger partial charge in [0, 0.05) is 31.1 Å². The molecule has 0 spiro atoms. The Labute approximate surface area is 138 Å². The molecule has 1 aliphatic heterocycles. The first-order valence-electron chi connectivity index (χ1n) is 8.18. The van der Waals surface area contributed by atoms with Crippen LogP contribution in [0.1, 0.15) is 43.7 Å². The standard InChI is InChI=1S/C17H26ClN3O/c18-15-7-5-6-14(12-15)16-13-20-10-11-21(16)17(22)8-3-1-2-4-9-19/h5-7,12,16,20H,1-4,8-11,13,19H2. The fraction of sp³-hybridized carbons (Fsp3) is 0.588. The number of halogens is 1. The molecule has 122 valence electrons. The average molecular weight is 324 g/mol. The number of carbonyl (C=O) groups is 1. The molecule has 5 heteroatoms. The molecular weight excluding hydrogens is 298 g/mol. The predicted octanol–water partition coefficient (Wildman–Crippen LogP) is 2.72. The zero-order chi connectivity index (χ0) is 15.8. The third-order valence-corrected chi connectivity index (χ3v) is 4.38. The van der Waals surface area contributed by atoms with Crippen molar-refractivity contribution in [3.8, 4) is 0 Å². The smallest absolute Gasteiger partial charge is 0.223 e. The van der Waals surface area contributed by atoms with Crippen molar-refractivity contribution >= 4 is 17.5 Å². The van der Waals surface area contributed by atoms with Gasteiger partial charge in [0.2, 0.25) is 5.91 Å². The van der Waals surface area contributed by atoms with Crippen LogP contribution in [0.2, 0.25) is 5.02 Å². The van der Waals surface area contributed by atoms with Gasteiger partial charge in [-0.3, -0.25) is 4.79 Å². The van der Waals surface area contributed by atoms with Gasteiger partial charge in [-0.15, -0.1) is 0 Å². The minimum atomic E-state index is 0.0870. The summed E-state index contributed by atoms with van der Waals surface area (Å²) in [5.74, 6) is 0.249. The second-order valence-electron chi connectivity index (χ2n) is 5.81. The first-order chi connectivity index (χ1) is 10.7. The Morgan fingerprint density at radius 2 is 2.14 bits per heavy atom. The Kier molecular flexibility index (Phi) is 7.16. The summed E-state index contributed by atoms with van der Waals surface area (Å²) in [6.45, 7) is 3.15. The lowest BCUT2D eigenvalue weighted by Gasteiger charge is -2.36. The fourth-order valence-electron chi connectivity index (χ4n) is 2.93. The lowest BCUT2D eigenvalue weighted by atomic mass is 10.0. The monoisotopic (exact) mass is 323 g/mol. The zero-order valence-corrected chi connectivity index (χ0v) is 13.8. The van der Waals surface area contributed by atoms with E-state index >= 15 is 0 Å². The van der Waals surface area contributed by atoms with E-state index < -0.39 is 0 Å². The number of nitrogens with zero attached hydrogens (tertiary/aromatic N) is 1. The topological polar surface area (TPSA) is 58.4 Å². The highest BCUT2D eigenvalue weighted by Gasteiger charge is 2.27. The second-order valence-corrected chi connectivity index (χ2v) is 6.25. The van der Waals surface area contributed by atoms with E-state index in [1.54, 1.807) is 0 Å². The molecule has 1 amide bonds. The van der Waals surface area contributed by atoms with Crippen LogP contribution in [0.3, 0.4) is 0 Å². The first-order valence-corrected chi connectivity index (χ1v) is 8.56. The summed E-state index contributed by atoms with van der Waals surface area (Å²) in [5, 5.41) is 4.09. The molecule has 0 aliphatic carbocycles. The highest BCUT2D eigenvalue weighted by Crippen LogP contribution is 2.25. The van der Waals surface area contributed by atoms with Gasteiger partial charge in [-0.05, 0) is 37.1 Å².